The number of likely N-dealkylation sites (tertiary alicyclic amines) is 1. The fraction of sp³-hybridized carbons (Fsp3) is 0.833. The summed E-state index contributed by atoms with van der Waals surface area (Å²) in [4.78, 5) is 24.7. The van der Waals surface area contributed by atoms with Crippen molar-refractivity contribution in [3.05, 3.63) is 0 Å². The van der Waals surface area contributed by atoms with Crippen molar-refractivity contribution >= 4 is 12.0 Å². The zero-order chi connectivity index (χ0) is 12.6. The van der Waals surface area contributed by atoms with E-state index >= 15 is 0 Å². The summed E-state index contributed by atoms with van der Waals surface area (Å²) in [6.07, 6.45) is 2.78. The first-order chi connectivity index (χ1) is 7.89. The number of aliphatic carboxylic acids is 1. The number of nitrogens with one attached hydrogen (secondary N) is 1. The fourth-order valence-corrected chi connectivity index (χ4v) is 2.32. The summed E-state index contributed by atoms with van der Waals surface area (Å²) in [7, 11) is 0. The average Bonchev–Trinajstić information content (AvgIpc) is 2.98. The molecular formula is C12H20N2O3. The largest absolute Gasteiger partial charge is 0.480 e. The SMILES string of the molecule is CC1(C)CCN(C(=O)NC(C(=O)O)C2CC2)C1. The second kappa shape index (κ2) is 4.20. The van der Waals surface area contributed by atoms with Crippen molar-refractivity contribution in [1.82, 2.24) is 10.2 Å². The monoisotopic (exact) mass is 240 g/mol. The summed E-state index contributed by atoms with van der Waals surface area (Å²) in [6.45, 7) is 5.66. The number of carboxylic acid groups (broad SMARTS) is 1. The van der Waals surface area contributed by atoms with Crippen molar-refractivity contribution in [1.29, 1.82) is 0 Å². The van der Waals surface area contributed by atoms with Gasteiger partial charge in [-0.15, -0.1) is 0 Å². The van der Waals surface area contributed by atoms with Crippen LogP contribution in [0.1, 0.15) is 33.1 Å². The minimum atomic E-state index is -0.917. The van der Waals surface area contributed by atoms with Crippen molar-refractivity contribution in [2.24, 2.45) is 11.3 Å². The Morgan fingerprint density at radius 3 is 2.47 bits per heavy atom. The van der Waals surface area contributed by atoms with Crippen molar-refractivity contribution in [3.63, 3.8) is 0 Å². The van der Waals surface area contributed by atoms with Crippen LogP contribution in [0.4, 0.5) is 4.79 Å². The van der Waals surface area contributed by atoms with Crippen molar-refractivity contribution in [2.45, 2.75) is 39.2 Å². The Bertz CT molecular complexity index is 337. The Hall–Kier alpha value is -1.26. The van der Waals surface area contributed by atoms with Gasteiger partial charge in [-0.3, -0.25) is 0 Å². The number of hydrogen-bond acceptors (Lipinski definition) is 2. The molecule has 0 radical (unpaired) electrons. The van der Waals surface area contributed by atoms with Gasteiger partial charge >= 0.3 is 12.0 Å². The van der Waals surface area contributed by atoms with E-state index in [1.54, 1.807) is 4.90 Å². The molecule has 0 aromatic carbocycles. The third kappa shape index (κ3) is 2.90. The van der Waals surface area contributed by atoms with Crippen molar-refractivity contribution in [2.75, 3.05) is 13.1 Å². The van der Waals surface area contributed by atoms with Crippen molar-refractivity contribution < 1.29 is 14.7 Å². The molecule has 17 heavy (non-hydrogen) atoms. The predicted octanol–water partition coefficient (Wildman–Crippen LogP) is 1.29. The van der Waals surface area contributed by atoms with Crippen LogP contribution in [0, 0.1) is 11.3 Å². The molecule has 2 aliphatic rings. The molecule has 0 bridgehead atoms. The van der Waals surface area contributed by atoms with E-state index in [1.165, 1.54) is 0 Å². The Morgan fingerprint density at radius 2 is 2.06 bits per heavy atom. The average molecular weight is 240 g/mol. The normalized spacial score (nSPS) is 24.5. The highest BCUT2D eigenvalue weighted by Gasteiger charge is 2.39. The number of carboxylic acids is 1. The van der Waals surface area contributed by atoms with Crippen LogP contribution < -0.4 is 5.32 Å². The molecule has 2 N–H and O–H groups in total. The lowest BCUT2D eigenvalue weighted by Crippen LogP contribution is -2.48. The molecule has 0 aromatic heterocycles. The molecule has 1 atom stereocenters. The molecule has 2 rings (SSSR count). The highest BCUT2D eigenvalue weighted by molar-refractivity contribution is 5.83. The van der Waals surface area contributed by atoms with Crippen LogP contribution in [-0.4, -0.2) is 41.1 Å². The van der Waals surface area contributed by atoms with Gasteiger partial charge in [0.15, 0.2) is 0 Å². The van der Waals surface area contributed by atoms with Crippen LogP contribution >= 0.6 is 0 Å². The highest BCUT2D eigenvalue weighted by Crippen LogP contribution is 2.33. The van der Waals surface area contributed by atoms with Crippen LogP contribution in [0.15, 0.2) is 0 Å². The molecule has 5 nitrogen and oxygen atoms in total. The van der Waals surface area contributed by atoms with Crippen LogP contribution in [0.2, 0.25) is 0 Å². The summed E-state index contributed by atoms with van der Waals surface area (Å²) < 4.78 is 0. The van der Waals surface area contributed by atoms with E-state index in [4.69, 9.17) is 5.11 Å². The number of nitrogens with zero attached hydrogens (tertiary/aromatic N) is 1. The third-order valence-corrected chi connectivity index (χ3v) is 3.60. The third-order valence-electron chi connectivity index (χ3n) is 3.60. The Morgan fingerprint density at radius 1 is 1.41 bits per heavy atom. The van der Waals surface area contributed by atoms with Gasteiger partial charge in [-0.2, -0.15) is 0 Å². The van der Waals surface area contributed by atoms with Crippen LogP contribution in [0.25, 0.3) is 0 Å². The van der Waals surface area contributed by atoms with Gasteiger partial charge in [0.25, 0.3) is 0 Å². The second-order valence-corrected chi connectivity index (χ2v) is 5.94. The van der Waals surface area contributed by atoms with Crippen molar-refractivity contribution in [3.8, 4) is 0 Å². The molecule has 5 heteroatoms. The number of carbonyl (C=O) groups is 2. The summed E-state index contributed by atoms with van der Waals surface area (Å²) in [6, 6.07) is -0.930. The van der Waals surface area contributed by atoms with E-state index in [-0.39, 0.29) is 17.4 Å². The minimum absolute atomic E-state index is 0.132. The molecule has 1 heterocycles. The van der Waals surface area contributed by atoms with Gasteiger partial charge in [-0.25, -0.2) is 9.59 Å². The van der Waals surface area contributed by atoms with Gasteiger partial charge in [0, 0.05) is 13.1 Å². The van der Waals surface area contributed by atoms with Gasteiger partial charge < -0.3 is 15.3 Å². The lowest BCUT2D eigenvalue weighted by molar-refractivity contribution is -0.139. The van der Waals surface area contributed by atoms with Crippen LogP contribution in [0.5, 0.6) is 0 Å². The summed E-state index contributed by atoms with van der Waals surface area (Å²) in [5, 5.41) is 11.7. The van der Waals surface area contributed by atoms with Gasteiger partial charge in [0.1, 0.15) is 6.04 Å². The molecule has 0 aromatic rings. The Kier molecular flexibility index (Phi) is 3.02. The standard InChI is InChI=1S/C12H20N2O3/c1-12(2)5-6-14(7-12)11(17)13-9(10(15)16)8-3-4-8/h8-9H,3-7H2,1-2H3,(H,13,17)(H,15,16). The van der Waals surface area contributed by atoms with Crippen LogP contribution in [-0.2, 0) is 4.79 Å². The van der Waals surface area contributed by atoms with E-state index in [0.29, 0.717) is 6.54 Å². The quantitative estimate of drug-likeness (QED) is 0.781. The van der Waals surface area contributed by atoms with Crippen LogP contribution in [0.3, 0.4) is 0 Å². The molecule has 1 saturated heterocycles. The highest BCUT2D eigenvalue weighted by atomic mass is 16.4. The predicted molar refractivity (Wildman–Crippen MR) is 62.7 cm³/mol. The topological polar surface area (TPSA) is 69.6 Å². The van der Waals surface area contributed by atoms with E-state index < -0.39 is 12.0 Å². The van der Waals surface area contributed by atoms with Gasteiger partial charge in [-0.05, 0) is 30.6 Å². The number of amides is 2. The molecule has 2 fully saturated rings. The zero-order valence-electron chi connectivity index (χ0n) is 10.4. The maximum atomic E-state index is 11.9. The molecule has 0 spiro atoms. The lowest BCUT2D eigenvalue weighted by Gasteiger charge is -2.22. The molecule has 2 amide bonds. The smallest absolute Gasteiger partial charge is 0.326 e. The maximum Gasteiger partial charge on any atom is 0.326 e. The van der Waals surface area contributed by atoms with E-state index in [2.05, 4.69) is 19.2 Å². The maximum absolute atomic E-state index is 11.9. The number of urea groups is 1. The molecular weight excluding hydrogens is 220 g/mol. The minimum Gasteiger partial charge on any atom is -0.480 e. The first-order valence-corrected chi connectivity index (χ1v) is 6.17. The van der Waals surface area contributed by atoms with E-state index in [1.807, 2.05) is 0 Å². The number of carbonyl (C=O) groups excluding carboxylic acids is 1. The zero-order valence-corrected chi connectivity index (χ0v) is 10.4. The summed E-state index contributed by atoms with van der Waals surface area (Å²) >= 11 is 0. The van der Waals surface area contributed by atoms with Gasteiger partial charge in [0.05, 0.1) is 0 Å². The van der Waals surface area contributed by atoms with Gasteiger partial charge in [-0.1, -0.05) is 13.8 Å². The molecule has 1 unspecified atom stereocenters. The van der Waals surface area contributed by atoms with Gasteiger partial charge in [0.2, 0.25) is 0 Å². The molecule has 1 aliphatic carbocycles. The fourth-order valence-electron chi connectivity index (χ4n) is 2.32. The number of rotatable bonds is 3. The molecule has 1 saturated carbocycles. The second-order valence-electron chi connectivity index (χ2n) is 5.94. The number of hydrogen-bond donors (Lipinski definition) is 2. The first kappa shape index (κ1) is 12.2. The molecule has 96 valence electrons. The first-order valence-electron chi connectivity index (χ1n) is 6.17. The lowest BCUT2D eigenvalue weighted by atomic mass is 9.93. The Labute approximate surface area is 101 Å². The summed E-state index contributed by atoms with van der Waals surface area (Å²) in [5.41, 5.74) is 0.148. The van der Waals surface area contributed by atoms with E-state index in [9.17, 15) is 9.59 Å². The summed E-state index contributed by atoms with van der Waals surface area (Å²) in [5.74, 6) is -0.786. The van der Waals surface area contributed by atoms with E-state index in [0.717, 1.165) is 25.8 Å². The Balaban J connectivity index is 1.90. The molecule has 1 aliphatic heterocycles.